The van der Waals surface area contributed by atoms with Crippen LogP contribution in [0.3, 0.4) is 0 Å². The molecule has 0 radical (unpaired) electrons. The maximum atomic E-state index is 6.08. The number of ether oxygens (including phenoxy) is 1. The molecule has 1 aromatic carbocycles. The van der Waals surface area contributed by atoms with Crippen molar-refractivity contribution in [1.82, 2.24) is 0 Å². The standard InChI is InChI=1S/C13H19NO/c1-8-5-6-9(10(7-8)15-4)11-12(14)13(11,2)3/h5-7,11-12H,14H2,1-4H3/t11-,12-/m1/s1. The van der Waals surface area contributed by atoms with Gasteiger partial charge in [-0.15, -0.1) is 0 Å². The van der Waals surface area contributed by atoms with E-state index < -0.39 is 0 Å². The second-order valence-corrected chi connectivity index (χ2v) is 5.07. The number of rotatable bonds is 2. The molecule has 2 rings (SSSR count). The van der Waals surface area contributed by atoms with Gasteiger partial charge in [-0.2, -0.15) is 0 Å². The molecule has 2 atom stereocenters. The van der Waals surface area contributed by atoms with Gasteiger partial charge < -0.3 is 10.5 Å². The van der Waals surface area contributed by atoms with Crippen molar-refractivity contribution in [2.24, 2.45) is 11.1 Å². The van der Waals surface area contributed by atoms with E-state index in [0.717, 1.165) is 5.75 Å². The van der Waals surface area contributed by atoms with Crippen LogP contribution in [0.15, 0.2) is 18.2 Å². The first-order chi connectivity index (χ1) is 6.98. The molecule has 0 aliphatic heterocycles. The van der Waals surface area contributed by atoms with Crippen LogP contribution in [0.4, 0.5) is 0 Å². The number of aryl methyl sites for hydroxylation is 1. The Bertz CT molecular complexity index is 384. The molecule has 0 saturated heterocycles. The van der Waals surface area contributed by atoms with E-state index >= 15 is 0 Å². The Morgan fingerprint density at radius 2 is 1.93 bits per heavy atom. The smallest absolute Gasteiger partial charge is 0.122 e. The predicted molar refractivity (Wildman–Crippen MR) is 62.2 cm³/mol. The molecule has 1 aromatic rings. The molecule has 0 aromatic heterocycles. The third-order valence-corrected chi connectivity index (χ3v) is 3.63. The fraction of sp³-hybridized carbons (Fsp3) is 0.538. The molecule has 0 bridgehead atoms. The predicted octanol–water partition coefficient (Wildman–Crippen LogP) is 2.45. The average molecular weight is 205 g/mol. The molecule has 82 valence electrons. The van der Waals surface area contributed by atoms with E-state index in [1.165, 1.54) is 11.1 Å². The van der Waals surface area contributed by atoms with Gasteiger partial charge in [-0.05, 0) is 29.5 Å². The second-order valence-electron chi connectivity index (χ2n) is 5.07. The molecule has 1 fully saturated rings. The summed E-state index contributed by atoms with van der Waals surface area (Å²) in [7, 11) is 1.72. The number of methoxy groups -OCH3 is 1. The van der Waals surface area contributed by atoms with Crippen molar-refractivity contribution < 1.29 is 4.74 Å². The van der Waals surface area contributed by atoms with Crippen molar-refractivity contribution in [1.29, 1.82) is 0 Å². The summed E-state index contributed by atoms with van der Waals surface area (Å²) >= 11 is 0. The largest absolute Gasteiger partial charge is 0.496 e. The van der Waals surface area contributed by atoms with Crippen LogP contribution in [-0.4, -0.2) is 13.2 Å². The lowest BCUT2D eigenvalue weighted by Gasteiger charge is -2.10. The van der Waals surface area contributed by atoms with Gasteiger partial charge in [0.15, 0.2) is 0 Å². The van der Waals surface area contributed by atoms with E-state index in [1.807, 2.05) is 0 Å². The van der Waals surface area contributed by atoms with Gasteiger partial charge in [0.05, 0.1) is 7.11 Å². The van der Waals surface area contributed by atoms with Gasteiger partial charge in [-0.25, -0.2) is 0 Å². The zero-order valence-electron chi connectivity index (χ0n) is 9.87. The van der Waals surface area contributed by atoms with Crippen LogP contribution in [0.5, 0.6) is 5.75 Å². The van der Waals surface area contributed by atoms with Crippen LogP contribution in [0, 0.1) is 12.3 Å². The van der Waals surface area contributed by atoms with Crippen molar-refractivity contribution in [2.75, 3.05) is 7.11 Å². The Balaban J connectivity index is 2.38. The Labute approximate surface area is 91.4 Å². The molecule has 0 amide bonds. The van der Waals surface area contributed by atoms with Crippen LogP contribution < -0.4 is 10.5 Å². The summed E-state index contributed by atoms with van der Waals surface area (Å²) in [5.41, 5.74) is 8.77. The lowest BCUT2D eigenvalue weighted by molar-refractivity contribution is 0.407. The van der Waals surface area contributed by atoms with Crippen LogP contribution in [0.25, 0.3) is 0 Å². The molecule has 1 aliphatic carbocycles. The highest BCUT2D eigenvalue weighted by Crippen LogP contribution is 2.59. The van der Waals surface area contributed by atoms with Crippen molar-refractivity contribution in [2.45, 2.75) is 32.7 Å². The van der Waals surface area contributed by atoms with Gasteiger partial charge in [0.25, 0.3) is 0 Å². The Morgan fingerprint density at radius 1 is 1.33 bits per heavy atom. The summed E-state index contributed by atoms with van der Waals surface area (Å²) in [4.78, 5) is 0. The van der Waals surface area contributed by atoms with Crippen molar-refractivity contribution in [3.8, 4) is 5.75 Å². The molecule has 15 heavy (non-hydrogen) atoms. The summed E-state index contributed by atoms with van der Waals surface area (Å²) in [6.45, 7) is 6.49. The van der Waals surface area contributed by atoms with Gasteiger partial charge >= 0.3 is 0 Å². The van der Waals surface area contributed by atoms with Crippen molar-refractivity contribution in [3.63, 3.8) is 0 Å². The molecular formula is C13H19NO. The zero-order chi connectivity index (χ0) is 11.2. The number of nitrogens with two attached hydrogens (primary N) is 1. The monoisotopic (exact) mass is 205 g/mol. The summed E-state index contributed by atoms with van der Waals surface area (Å²) in [5, 5.41) is 0. The second kappa shape index (κ2) is 3.24. The van der Waals surface area contributed by atoms with Crippen LogP contribution in [-0.2, 0) is 0 Å². The highest BCUT2D eigenvalue weighted by atomic mass is 16.5. The lowest BCUT2D eigenvalue weighted by Crippen LogP contribution is -2.06. The molecule has 0 unspecified atom stereocenters. The van der Waals surface area contributed by atoms with Gasteiger partial charge in [-0.3, -0.25) is 0 Å². The molecule has 1 aliphatic rings. The van der Waals surface area contributed by atoms with Gasteiger partial charge in [-0.1, -0.05) is 26.0 Å². The molecule has 2 N–H and O–H groups in total. The summed E-state index contributed by atoms with van der Waals surface area (Å²) in [6, 6.07) is 6.61. The maximum Gasteiger partial charge on any atom is 0.122 e. The molecule has 2 nitrogen and oxygen atoms in total. The number of hydrogen-bond donors (Lipinski definition) is 1. The van der Waals surface area contributed by atoms with Crippen molar-refractivity contribution >= 4 is 0 Å². The van der Waals surface area contributed by atoms with Crippen LogP contribution >= 0.6 is 0 Å². The fourth-order valence-corrected chi connectivity index (χ4v) is 2.35. The lowest BCUT2D eigenvalue weighted by atomic mass is 10.0. The zero-order valence-corrected chi connectivity index (χ0v) is 9.87. The van der Waals surface area contributed by atoms with Gasteiger partial charge in [0, 0.05) is 12.0 Å². The number of hydrogen-bond acceptors (Lipinski definition) is 2. The first kappa shape index (κ1) is 10.5. The first-order valence-electron chi connectivity index (χ1n) is 5.38. The molecule has 2 heteroatoms. The highest BCUT2D eigenvalue weighted by Gasteiger charge is 2.57. The molecule has 1 saturated carbocycles. The average Bonchev–Trinajstić information content (AvgIpc) is 2.67. The fourth-order valence-electron chi connectivity index (χ4n) is 2.35. The van der Waals surface area contributed by atoms with Gasteiger partial charge in [0.1, 0.15) is 5.75 Å². The minimum atomic E-state index is 0.211. The van der Waals surface area contributed by atoms with E-state index in [0.29, 0.717) is 5.92 Å². The summed E-state index contributed by atoms with van der Waals surface area (Å²) in [6.07, 6.45) is 0. The van der Waals surface area contributed by atoms with E-state index in [9.17, 15) is 0 Å². The normalized spacial score (nSPS) is 27.5. The summed E-state index contributed by atoms with van der Waals surface area (Å²) < 4.78 is 5.41. The maximum absolute atomic E-state index is 6.08. The third kappa shape index (κ3) is 1.53. The highest BCUT2D eigenvalue weighted by molar-refractivity contribution is 5.45. The Hall–Kier alpha value is -1.02. The Kier molecular flexibility index (Phi) is 2.27. The van der Waals surface area contributed by atoms with Crippen LogP contribution in [0.1, 0.15) is 30.9 Å². The minimum Gasteiger partial charge on any atom is -0.496 e. The molecular weight excluding hydrogens is 186 g/mol. The van der Waals surface area contributed by atoms with E-state index in [1.54, 1.807) is 7.11 Å². The van der Waals surface area contributed by atoms with E-state index in [2.05, 4.69) is 39.0 Å². The Morgan fingerprint density at radius 3 is 2.40 bits per heavy atom. The molecule has 0 spiro atoms. The first-order valence-corrected chi connectivity index (χ1v) is 5.38. The number of benzene rings is 1. The minimum absolute atomic E-state index is 0.211. The quantitative estimate of drug-likeness (QED) is 0.805. The van der Waals surface area contributed by atoms with E-state index in [-0.39, 0.29) is 11.5 Å². The van der Waals surface area contributed by atoms with Crippen LogP contribution in [0.2, 0.25) is 0 Å². The topological polar surface area (TPSA) is 35.2 Å². The van der Waals surface area contributed by atoms with Gasteiger partial charge in [0.2, 0.25) is 0 Å². The van der Waals surface area contributed by atoms with Crippen molar-refractivity contribution in [3.05, 3.63) is 29.3 Å². The molecule has 0 heterocycles. The SMILES string of the molecule is COc1cc(C)ccc1[C@@H]1[C@@H](N)C1(C)C. The van der Waals surface area contributed by atoms with E-state index in [4.69, 9.17) is 10.5 Å². The third-order valence-electron chi connectivity index (χ3n) is 3.63. The summed E-state index contributed by atoms with van der Waals surface area (Å²) in [5.74, 6) is 1.41.